The van der Waals surface area contributed by atoms with Gasteiger partial charge in [0, 0.05) is 18.7 Å². The van der Waals surface area contributed by atoms with E-state index in [-0.39, 0.29) is 12.0 Å². The third kappa shape index (κ3) is 3.05. The predicted octanol–water partition coefficient (Wildman–Crippen LogP) is 3.23. The van der Waals surface area contributed by atoms with E-state index in [9.17, 15) is 0 Å². The minimum Gasteiger partial charge on any atom is -0.418 e. The summed E-state index contributed by atoms with van der Waals surface area (Å²) in [6.45, 7) is 7.70. The third-order valence-corrected chi connectivity index (χ3v) is 5.02. The van der Waals surface area contributed by atoms with Crippen LogP contribution in [0.25, 0.3) is 11.6 Å². The van der Waals surface area contributed by atoms with E-state index in [1.54, 1.807) is 0 Å². The zero-order valence-electron chi connectivity index (χ0n) is 15.6. The number of rotatable bonds is 5. The summed E-state index contributed by atoms with van der Waals surface area (Å²) in [6, 6.07) is 4.15. The van der Waals surface area contributed by atoms with Gasteiger partial charge in [-0.15, -0.1) is 10.2 Å². The highest BCUT2D eigenvalue weighted by atomic mass is 16.5. The van der Waals surface area contributed by atoms with Crippen LogP contribution in [0, 0.1) is 6.92 Å². The first-order valence-corrected chi connectivity index (χ1v) is 9.05. The molecular formula is C18H24N6O2. The summed E-state index contributed by atoms with van der Waals surface area (Å²) in [7, 11) is 1.99. The fourth-order valence-electron chi connectivity index (χ4n) is 3.33. The molecule has 8 nitrogen and oxygen atoms in total. The van der Waals surface area contributed by atoms with Crippen LogP contribution in [0.4, 0.5) is 0 Å². The van der Waals surface area contributed by atoms with E-state index in [1.165, 1.54) is 0 Å². The maximum absolute atomic E-state index is 5.90. The monoisotopic (exact) mass is 356 g/mol. The second-order valence-corrected chi connectivity index (χ2v) is 7.19. The molecule has 0 aliphatic carbocycles. The van der Waals surface area contributed by atoms with Gasteiger partial charge in [0.1, 0.15) is 5.69 Å². The van der Waals surface area contributed by atoms with Crippen LogP contribution in [0.1, 0.15) is 61.9 Å². The molecule has 3 aromatic rings. The number of likely N-dealkylation sites (tertiary alicyclic amines) is 1. The summed E-state index contributed by atoms with van der Waals surface area (Å²) >= 11 is 0. The van der Waals surface area contributed by atoms with E-state index < -0.39 is 0 Å². The van der Waals surface area contributed by atoms with E-state index >= 15 is 0 Å². The molecule has 0 saturated carbocycles. The molecule has 1 aliphatic rings. The van der Waals surface area contributed by atoms with Crippen LogP contribution < -0.4 is 0 Å². The first-order chi connectivity index (χ1) is 12.5. The Morgan fingerprint density at radius 2 is 2.12 bits per heavy atom. The zero-order valence-corrected chi connectivity index (χ0v) is 15.6. The molecule has 1 atom stereocenters. The molecule has 0 aromatic carbocycles. The van der Waals surface area contributed by atoms with Crippen LogP contribution in [-0.4, -0.2) is 36.3 Å². The minimum atomic E-state index is 0.114. The largest absolute Gasteiger partial charge is 0.418 e. The molecule has 0 bridgehead atoms. The Bertz CT molecular complexity index is 893. The van der Waals surface area contributed by atoms with E-state index in [0.717, 1.165) is 36.6 Å². The molecule has 1 saturated heterocycles. The molecular weight excluding hydrogens is 332 g/mol. The molecule has 1 aliphatic heterocycles. The molecule has 4 heterocycles. The van der Waals surface area contributed by atoms with Gasteiger partial charge in [0.25, 0.3) is 5.89 Å². The summed E-state index contributed by atoms with van der Waals surface area (Å²) in [4.78, 5) is 6.83. The molecule has 0 unspecified atom stereocenters. The Kier molecular flexibility index (Phi) is 4.36. The van der Waals surface area contributed by atoms with E-state index in [4.69, 9.17) is 8.94 Å². The first-order valence-electron chi connectivity index (χ1n) is 9.05. The molecule has 0 radical (unpaired) electrons. The lowest BCUT2D eigenvalue weighted by Gasteiger charge is -2.19. The number of hydrogen-bond acceptors (Lipinski definition) is 7. The summed E-state index contributed by atoms with van der Waals surface area (Å²) in [5.74, 6) is 2.85. The number of aromatic nitrogens is 5. The van der Waals surface area contributed by atoms with Gasteiger partial charge in [-0.1, -0.05) is 19.0 Å². The highest BCUT2D eigenvalue weighted by molar-refractivity contribution is 5.48. The van der Waals surface area contributed by atoms with Crippen LogP contribution in [0.2, 0.25) is 0 Å². The van der Waals surface area contributed by atoms with Gasteiger partial charge in [0.15, 0.2) is 5.82 Å². The standard InChI is InChI=1S/C18H24N6O2/c1-11(2)16-19-17(26-22-16)14-6-5-9-24(14)10-15-20-21-18(25-15)13-8-7-12(3)23(13)4/h7-8,11,14H,5-6,9-10H2,1-4H3/t14-/m0/s1. The van der Waals surface area contributed by atoms with Crippen molar-refractivity contribution in [3.63, 3.8) is 0 Å². The van der Waals surface area contributed by atoms with Crippen molar-refractivity contribution in [1.82, 2.24) is 29.8 Å². The topological polar surface area (TPSA) is 86.0 Å². The van der Waals surface area contributed by atoms with E-state index in [1.807, 2.05) is 30.7 Å². The van der Waals surface area contributed by atoms with Crippen LogP contribution in [0.15, 0.2) is 21.1 Å². The van der Waals surface area contributed by atoms with Crippen molar-refractivity contribution in [2.45, 2.75) is 52.1 Å². The molecule has 138 valence electrons. The molecule has 1 fully saturated rings. The van der Waals surface area contributed by atoms with E-state index in [2.05, 4.69) is 39.1 Å². The lowest BCUT2D eigenvalue weighted by molar-refractivity contribution is 0.185. The Morgan fingerprint density at radius 3 is 2.81 bits per heavy atom. The molecule has 0 N–H and O–H groups in total. The molecule has 3 aromatic heterocycles. The average Bonchev–Trinajstić information content (AvgIpc) is 3.37. The van der Waals surface area contributed by atoms with Crippen LogP contribution in [-0.2, 0) is 13.6 Å². The summed E-state index contributed by atoms with van der Waals surface area (Å²) < 4.78 is 13.4. The lowest BCUT2D eigenvalue weighted by atomic mass is 10.2. The normalized spacial score (nSPS) is 18.3. The van der Waals surface area contributed by atoms with Gasteiger partial charge in [-0.2, -0.15) is 4.98 Å². The number of hydrogen-bond donors (Lipinski definition) is 0. The SMILES string of the molecule is Cc1ccc(-c2nnc(CN3CCC[C@H]3c3nc(C(C)C)no3)o2)n1C. The van der Waals surface area contributed by atoms with Gasteiger partial charge in [-0.05, 0) is 38.4 Å². The van der Waals surface area contributed by atoms with Crippen molar-refractivity contribution < 1.29 is 8.94 Å². The lowest BCUT2D eigenvalue weighted by Crippen LogP contribution is -2.23. The Morgan fingerprint density at radius 1 is 1.27 bits per heavy atom. The highest BCUT2D eigenvalue weighted by Gasteiger charge is 2.32. The summed E-state index contributed by atoms with van der Waals surface area (Å²) in [6.07, 6.45) is 2.08. The van der Waals surface area contributed by atoms with Crippen molar-refractivity contribution >= 4 is 0 Å². The summed E-state index contributed by atoms with van der Waals surface area (Å²) in [5, 5.41) is 12.5. The minimum absolute atomic E-state index is 0.114. The van der Waals surface area contributed by atoms with Crippen molar-refractivity contribution in [2.75, 3.05) is 6.54 Å². The Hall–Kier alpha value is -2.48. The van der Waals surface area contributed by atoms with Crippen molar-refractivity contribution in [3.05, 3.63) is 35.4 Å². The highest BCUT2D eigenvalue weighted by Crippen LogP contribution is 2.33. The molecule has 26 heavy (non-hydrogen) atoms. The van der Waals surface area contributed by atoms with Crippen LogP contribution in [0.5, 0.6) is 0 Å². The molecule has 4 rings (SSSR count). The van der Waals surface area contributed by atoms with Gasteiger partial charge in [0.2, 0.25) is 11.8 Å². The van der Waals surface area contributed by atoms with Gasteiger partial charge >= 0.3 is 0 Å². The second kappa shape index (κ2) is 6.68. The Labute approximate surface area is 152 Å². The number of nitrogens with zero attached hydrogens (tertiary/aromatic N) is 6. The maximum Gasteiger partial charge on any atom is 0.264 e. The zero-order chi connectivity index (χ0) is 18.3. The van der Waals surface area contributed by atoms with Crippen molar-refractivity contribution in [3.8, 4) is 11.6 Å². The molecule has 0 spiro atoms. The van der Waals surface area contributed by atoms with Gasteiger partial charge in [0.05, 0.1) is 12.6 Å². The molecule has 0 amide bonds. The van der Waals surface area contributed by atoms with E-state index in [0.29, 0.717) is 24.2 Å². The fraction of sp³-hybridized carbons (Fsp3) is 0.556. The smallest absolute Gasteiger partial charge is 0.264 e. The molecule has 8 heteroatoms. The van der Waals surface area contributed by atoms with Gasteiger partial charge < -0.3 is 13.5 Å². The van der Waals surface area contributed by atoms with Crippen molar-refractivity contribution in [1.29, 1.82) is 0 Å². The maximum atomic E-state index is 5.90. The van der Waals surface area contributed by atoms with Crippen LogP contribution >= 0.6 is 0 Å². The predicted molar refractivity (Wildman–Crippen MR) is 94.2 cm³/mol. The van der Waals surface area contributed by atoms with Crippen LogP contribution in [0.3, 0.4) is 0 Å². The second-order valence-electron chi connectivity index (χ2n) is 7.19. The fourth-order valence-corrected chi connectivity index (χ4v) is 3.33. The van der Waals surface area contributed by atoms with Gasteiger partial charge in [-0.25, -0.2) is 0 Å². The third-order valence-electron chi connectivity index (χ3n) is 5.02. The van der Waals surface area contributed by atoms with Crippen molar-refractivity contribution in [2.24, 2.45) is 7.05 Å². The number of aryl methyl sites for hydroxylation is 1. The Balaban J connectivity index is 1.50. The first kappa shape index (κ1) is 17.0. The quantitative estimate of drug-likeness (QED) is 0.693. The summed E-state index contributed by atoms with van der Waals surface area (Å²) in [5.41, 5.74) is 2.08. The average molecular weight is 356 g/mol. The van der Waals surface area contributed by atoms with Gasteiger partial charge in [-0.3, -0.25) is 4.90 Å².